The zero-order valence-electron chi connectivity index (χ0n) is 9.58. The molecule has 0 saturated carbocycles. The van der Waals surface area contributed by atoms with Gasteiger partial charge in [-0.15, -0.1) is 0 Å². The Balaban J connectivity index is 2.26. The average molecular weight is 299 g/mol. The van der Waals surface area contributed by atoms with Gasteiger partial charge in [0.15, 0.2) is 0 Å². The second kappa shape index (κ2) is 5.47. The molecule has 0 spiro atoms. The van der Waals surface area contributed by atoms with Gasteiger partial charge in [0, 0.05) is 5.56 Å². The van der Waals surface area contributed by atoms with Crippen molar-refractivity contribution < 1.29 is 9.18 Å². The number of nitrogens with one attached hydrogen (secondary N) is 1. The monoisotopic (exact) mass is 298 g/mol. The first-order chi connectivity index (χ1) is 8.99. The van der Waals surface area contributed by atoms with Gasteiger partial charge in [-0.3, -0.25) is 4.79 Å². The van der Waals surface area contributed by atoms with Crippen molar-refractivity contribution in [3.8, 4) is 0 Å². The molecule has 0 radical (unpaired) electrons. The molecule has 6 heteroatoms. The topological polar surface area (TPSA) is 55.1 Å². The van der Waals surface area contributed by atoms with Gasteiger partial charge in [0.2, 0.25) is 0 Å². The van der Waals surface area contributed by atoms with Crippen LogP contribution in [0.15, 0.2) is 36.4 Å². The third-order valence-electron chi connectivity index (χ3n) is 2.46. The molecule has 0 aromatic heterocycles. The van der Waals surface area contributed by atoms with E-state index in [1.54, 1.807) is 18.2 Å². The summed E-state index contributed by atoms with van der Waals surface area (Å²) in [5, 5.41) is 3.16. The molecule has 0 unspecified atom stereocenters. The highest BCUT2D eigenvalue weighted by atomic mass is 35.5. The fourth-order valence-electron chi connectivity index (χ4n) is 1.48. The fourth-order valence-corrected chi connectivity index (χ4v) is 1.83. The van der Waals surface area contributed by atoms with Crippen LogP contribution in [-0.2, 0) is 0 Å². The summed E-state index contributed by atoms with van der Waals surface area (Å²) in [6.45, 7) is 0. The van der Waals surface area contributed by atoms with Crippen LogP contribution in [-0.4, -0.2) is 5.91 Å². The van der Waals surface area contributed by atoms with E-state index in [1.807, 2.05) is 0 Å². The van der Waals surface area contributed by atoms with Crippen molar-refractivity contribution in [3.63, 3.8) is 0 Å². The molecule has 0 heterocycles. The second-order valence-corrected chi connectivity index (χ2v) is 4.58. The smallest absolute Gasteiger partial charge is 0.255 e. The Morgan fingerprint density at radius 3 is 2.63 bits per heavy atom. The second-order valence-electron chi connectivity index (χ2n) is 3.79. The molecule has 0 aliphatic carbocycles. The third-order valence-corrected chi connectivity index (χ3v) is 3.28. The molecule has 3 N–H and O–H groups in total. The first kappa shape index (κ1) is 13.6. The van der Waals surface area contributed by atoms with E-state index in [0.29, 0.717) is 10.7 Å². The van der Waals surface area contributed by atoms with Gasteiger partial charge in [0.1, 0.15) is 5.82 Å². The minimum Gasteiger partial charge on any atom is -0.396 e. The van der Waals surface area contributed by atoms with Gasteiger partial charge < -0.3 is 11.1 Å². The number of hydrogen-bond donors (Lipinski definition) is 2. The molecule has 0 atom stereocenters. The predicted molar refractivity (Wildman–Crippen MR) is 75.2 cm³/mol. The molecular weight excluding hydrogens is 290 g/mol. The van der Waals surface area contributed by atoms with Crippen LogP contribution in [0, 0.1) is 5.82 Å². The van der Waals surface area contributed by atoms with Crippen LogP contribution in [0.1, 0.15) is 10.4 Å². The van der Waals surface area contributed by atoms with Crippen molar-refractivity contribution in [1.82, 2.24) is 0 Å². The van der Waals surface area contributed by atoms with E-state index in [1.165, 1.54) is 12.1 Å². The molecule has 98 valence electrons. The van der Waals surface area contributed by atoms with Gasteiger partial charge in [-0.2, -0.15) is 0 Å². The van der Waals surface area contributed by atoms with Gasteiger partial charge in [-0.05, 0) is 30.3 Å². The van der Waals surface area contributed by atoms with Crippen LogP contribution in [0.2, 0.25) is 10.0 Å². The summed E-state index contributed by atoms with van der Waals surface area (Å²) in [7, 11) is 0. The summed E-state index contributed by atoms with van der Waals surface area (Å²) in [5.41, 5.74) is 5.92. The Hall–Kier alpha value is -1.78. The summed E-state index contributed by atoms with van der Waals surface area (Å²) in [6, 6.07) is 8.59. The van der Waals surface area contributed by atoms with Gasteiger partial charge in [-0.1, -0.05) is 29.3 Å². The summed E-state index contributed by atoms with van der Waals surface area (Å²) >= 11 is 11.8. The van der Waals surface area contributed by atoms with Crippen molar-refractivity contribution in [3.05, 3.63) is 57.8 Å². The molecule has 0 aliphatic rings. The SMILES string of the molecule is Nc1cc(C(=O)Nc2cccc(Cl)c2Cl)ccc1F. The van der Waals surface area contributed by atoms with E-state index >= 15 is 0 Å². The number of carbonyl (C=O) groups excluding carboxylic acids is 1. The highest BCUT2D eigenvalue weighted by molar-refractivity contribution is 6.44. The van der Waals surface area contributed by atoms with Crippen LogP contribution in [0.25, 0.3) is 0 Å². The minimum absolute atomic E-state index is 0.0927. The number of carbonyl (C=O) groups is 1. The van der Waals surface area contributed by atoms with Crippen molar-refractivity contribution in [1.29, 1.82) is 0 Å². The number of anilines is 2. The number of benzene rings is 2. The van der Waals surface area contributed by atoms with Crippen molar-refractivity contribution in [2.24, 2.45) is 0 Å². The number of nitrogen functional groups attached to an aromatic ring is 1. The lowest BCUT2D eigenvalue weighted by Crippen LogP contribution is -2.12. The largest absolute Gasteiger partial charge is 0.396 e. The quantitative estimate of drug-likeness (QED) is 0.824. The number of hydrogen-bond acceptors (Lipinski definition) is 2. The van der Waals surface area contributed by atoms with Crippen LogP contribution in [0.4, 0.5) is 15.8 Å². The molecule has 3 nitrogen and oxygen atoms in total. The summed E-state index contributed by atoms with van der Waals surface area (Å²) in [6.07, 6.45) is 0. The summed E-state index contributed by atoms with van der Waals surface area (Å²) in [4.78, 5) is 12.0. The molecule has 19 heavy (non-hydrogen) atoms. The zero-order chi connectivity index (χ0) is 14.0. The highest BCUT2D eigenvalue weighted by Gasteiger charge is 2.11. The van der Waals surface area contributed by atoms with E-state index < -0.39 is 11.7 Å². The Morgan fingerprint density at radius 1 is 1.21 bits per heavy atom. The molecular formula is C13H9Cl2FN2O. The van der Waals surface area contributed by atoms with E-state index in [4.69, 9.17) is 28.9 Å². The van der Waals surface area contributed by atoms with Crippen molar-refractivity contribution in [2.45, 2.75) is 0 Å². The van der Waals surface area contributed by atoms with Gasteiger partial charge >= 0.3 is 0 Å². The number of rotatable bonds is 2. The van der Waals surface area contributed by atoms with Crippen LogP contribution >= 0.6 is 23.2 Å². The lowest BCUT2D eigenvalue weighted by Gasteiger charge is -2.08. The lowest BCUT2D eigenvalue weighted by atomic mass is 10.2. The first-order valence-electron chi connectivity index (χ1n) is 5.29. The maximum atomic E-state index is 13.0. The standard InChI is InChI=1S/C13H9Cl2FN2O/c14-8-2-1-3-11(12(8)15)18-13(19)7-4-5-9(16)10(17)6-7/h1-6H,17H2,(H,18,19). The zero-order valence-corrected chi connectivity index (χ0v) is 11.1. The molecule has 0 fully saturated rings. The molecule has 0 saturated heterocycles. The Kier molecular flexibility index (Phi) is 3.93. The molecule has 2 aromatic rings. The predicted octanol–water partition coefficient (Wildman–Crippen LogP) is 3.97. The van der Waals surface area contributed by atoms with Crippen molar-refractivity contribution >= 4 is 40.5 Å². The highest BCUT2D eigenvalue weighted by Crippen LogP contribution is 2.29. The van der Waals surface area contributed by atoms with Gasteiger partial charge in [0.05, 0.1) is 21.4 Å². The van der Waals surface area contributed by atoms with Crippen molar-refractivity contribution in [2.75, 3.05) is 11.1 Å². The van der Waals surface area contributed by atoms with Gasteiger partial charge in [-0.25, -0.2) is 4.39 Å². The Labute approximate surface area is 119 Å². The normalized spacial score (nSPS) is 10.3. The Morgan fingerprint density at radius 2 is 1.95 bits per heavy atom. The number of amides is 1. The first-order valence-corrected chi connectivity index (χ1v) is 6.05. The molecule has 0 bridgehead atoms. The Bertz CT molecular complexity index is 647. The van der Waals surface area contributed by atoms with E-state index in [-0.39, 0.29) is 16.3 Å². The summed E-state index contributed by atoms with van der Waals surface area (Å²) in [5.74, 6) is -1.02. The maximum Gasteiger partial charge on any atom is 0.255 e. The third kappa shape index (κ3) is 2.97. The average Bonchev–Trinajstić information content (AvgIpc) is 2.38. The molecule has 1 amide bonds. The van der Waals surface area contributed by atoms with E-state index in [2.05, 4.69) is 5.32 Å². The number of nitrogens with two attached hydrogens (primary N) is 1. The van der Waals surface area contributed by atoms with Crippen LogP contribution in [0.3, 0.4) is 0 Å². The maximum absolute atomic E-state index is 13.0. The molecule has 2 aromatic carbocycles. The number of halogens is 3. The summed E-state index contributed by atoms with van der Waals surface area (Å²) < 4.78 is 13.0. The lowest BCUT2D eigenvalue weighted by molar-refractivity contribution is 0.102. The van der Waals surface area contributed by atoms with E-state index in [0.717, 1.165) is 6.07 Å². The van der Waals surface area contributed by atoms with E-state index in [9.17, 15) is 9.18 Å². The molecule has 0 aliphatic heterocycles. The molecule has 2 rings (SSSR count). The van der Waals surface area contributed by atoms with Crippen LogP contribution in [0.5, 0.6) is 0 Å². The fraction of sp³-hybridized carbons (Fsp3) is 0. The van der Waals surface area contributed by atoms with Gasteiger partial charge in [0.25, 0.3) is 5.91 Å². The van der Waals surface area contributed by atoms with Crippen LogP contribution < -0.4 is 11.1 Å². The minimum atomic E-state index is -0.572.